The Balaban J connectivity index is 1.35. The molecule has 3 aromatic rings. The number of carbonyl (C=O) groups is 2. The van der Waals surface area contributed by atoms with E-state index in [1.54, 1.807) is 23.9 Å². The smallest absolute Gasteiger partial charge is 0.317 e. The maximum absolute atomic E-state index is 12.7. The van der Waals surface area contributed by atoms with Crippen LogP contribution in [0.25, 0.3) is 10.9 Å². The van der Waals surface area contributed by atoms with Crippen molar-refractivity contribution in [2.24, 2.45) is 7.05 Å². The lowest BCUT2D eigenvalue weighted by molar-refractivity contribution is 0.0619. The van der Waals surface area contributed by atoms with E-state index < -0.39 is 0 Å². The molecule has 0 radical (unpaired) electrons. The molecule has 4 rings (SSSR count). The average Bonchev–Trinajstić information content (AvgIpc) is 3.36. The highest BCUT2D eigenvalue weighted by Gasteiger charge is 2.30. The minimum Gasteiger partial charge on any atom is -0.357 e. The number of amides is 3. The van der Waals surface area contributed by atoms with Crippen LogP contribution in [0.1, 0.15) is 29.2 Å². The van der Waals surface area contributed by atoms with Crippen LogP contribution in [0.15, 0.2) is 30.6 Å². The lowest BCUT2D eigenvalue weighted by atomic mass is 10.0. The van der Waals surface area contributed by atoms with Crippen LogP contribution in [0.4, 0.5) is 4.79 Å². The Morgan fingerprint density at radius 1 is 1.37 bits per heavy atom. The number of hydrogen-bond donors (Lipinski definition) is 2. The fraction of sp³-hybridized carbons (Fsp3) is 0.400. The van der Waals surface area contributed by atoms with Gasteiger partial charge in [-0.25, -0.2) is 14.5 Å². The number of halogens is 1. The molecular weight excluding hydrogens is 406 g/mol. The summed E-state index contributed by atoms with van der Waals surface area (Å²) in [6.45, 7) is 1.50. The van der Waals surface area contributed by atoms with Crippen LogP contribution in [0.5, 0.6) is 0 Å². The molecule has 1 fully saturated rings. The SMILES string of the molecule is CN(C(=O)NCc1cc2cc(Cl)ccc2[nH]1)[C@@H]1CCCN(C(=O)c2ncnn2C)C1. The van der Waals surface area contributed by atoms with Crippen molar-refractivity contribution in [3.8, 4) is 0 Å². The first-order valence-corrected chi connectivity index (χ1v) is 10.2. The van der Waals surface area contributed by atoms with Gasteiger partial charge in [-0.1, -0.05) is 11.6 Å². The highest BCUT2D eigenvalue weighted by molar-refractivity contribution is 6.31. The second-order valence-electron chi connectivity index (χ2n) is 7.55. The molecule has 0 saturated carbocycles. The Morgan fingerprint density at radius 3 is 2.97 bits per heavy atom. The van der Waals surface area contributed by atoms with Crippen molar-refractivity contribution >= 4 is 34.4 Å². The predicted octanol–water partition coefficient (Wildman–Crippen LogP) is 2.40. The quantitative estimate of drug-likeness (QED) is 0.665. The van der Waals surface area contributed by atoms with Crippen LogP contribution in [-0.2, 0) is 13.6 Å². The van der Waals surface area contributed by atoms with Crippen LogP contribution in [0, 0.1) is 0 Å². The molecule has 2 aromatic heterocycles. The van der Waals surface area contributed by atoms with Crippen LogP contribution in [-0.4, -0.2) is 67.7 Å². The molecule has 10 heteroatoms. The van der Waals surface area contributed by atoms with Crippen molar-refractivity contribution in [1.82, 2.24) is 34.9 Å². The summed E-state index contributed by atoms with van der Waals surface area (Å²) in [5.74, 6) is 0.145. The molecule has 1 aromatic carbocycles. The Labute approximate surface area is 179 Å². The largest absolute Gasteiger partial charge is 0.357 e. The number of likely N-dealkylation sites (N-methyl/N-ethyl adjacent to an activating group) is 1. The zero-order valence-corrected chi connectivity index (χ0v) is 17.7. The molecule has 0 unspecified atom stereocenters. The molecule has 1 aliphatic rings. The number of aromatic nitrogens is 4. The summed E-state index contributed by atoms with van der Waals surface area (Å²) in [7, 11) is 3.46. The molecule has 1 aliphatic heterocycles. The van der Waals surface area contributed by atoms with Crippen LogP contribution in [0.2, 0.25) is 5.02 Å². The summed E-state index contributed by atoms with van der Waals surface area (Å²) in [5, 5.41) is 8.59. The summed E-state index contributed by atoms with van der Waals surface area (Å²) in [5.41, 5.74) is 1.87. The summed E-state index contributed by atoms with van der Waals surface area (Å²) in [6, 6.07) is 7.37. The van der Waals surface area contributed by atoms with E-state index in [2.05, 4.69) is 20.4 Å². The van der Waals surface area contributed by atoms with Gasteiger partial charge in [-0.3, -0.25) is 4.79 Å². The van der Waals surface area contributed by atoms with Crippen LogP contribution in [0.3, 0.4) is 0 Å². The molecule has 0 bridgehead atoms. The maximum Gasteiger partial charge on any atom is 0.317 e. The van der Waals surface area contributed by atoms with Crippen LogP contribution >= 0.6 is 11.6 Å². The Hall–Kier alpha value is -3.07. The van der Waals surface area contributed by atoms with E-state index in [1.807, 2.05) is 24.3 Å². The second-order valence-corrected chi connectivity index (χ2v) is 7.99. The van der Waals surface area contributed by atoms with Crippen LogP contribution < -0.4 is 5.32 Å². The van der Waals surface area contributed by atoms with Gasteiger partial charge in [-0.2, -0.15) is 5.10 Å². The number of fused-ring (bicyclic) bond motifs is 1. The molecule has 3 amide bonds. The van der Waals surface area contributed by atoms with Gasteiger partial charge in [-0.15, -0.1) is 0 Å². The zero-order valence-electron chi connectivity index (χ0n) is 16.9. The first-order valence-electron chi connectivity index (χ1n) is 9.83. The van der Waals surface area contributed by atoms with Gasteiger partial charge in [0.1, 0.15) is 6.33 Å². The van der Waals surface area contributed by atoms with Gasteiger partial charge in [0, 0.05) is 48.8 Å². The predicted molar refractivity (Wildman–Crippen MR) is 113 cm³/mol. The Bertz CT molecular complexity index is 1080. The van der Waals surface area contributed by atoms with Gasteiger partial charge >= 0.3 is 6.03 Å². The fourth-order valence-corrected chi connectivity index (χ4v) is 3.99. The number of benzene rings is 1. The van der Waals surface area contributed by atoms with Gasteiger partial charge in [-0.05, 0) is 37.1 Å². The van der Waals surface area contributed by atoms with Crippen molar-refractivity contribution < 1.29 is 9.59 Å². The van der Waals surface area contributed by atoms with E-state index >= 15 is 0 Å². The first kappa shape index (κ1) is 20.2. The normalized spacial score (nSPS) is 16.6. The Kier molecular flexibility index (Phi) is 5.63. The maximum atomic E-state index is 12.7. The zero-order chi connectivity index (χ0) is 21.3. The van der Waals surface area contributed by atoms with Crippen molar-refractivity contribution in [3.05, 3.63) is 47.1 Å². The van der Waals surface area contributed by atoms with Gasteiger partial charge in [0.05, 0.1) is 12.6 Å². The van der Waals surface area contributed by atoms with E-state index in [-0.39, 0.29) is 18.0 Å². The number of urea groups is 1. The van der Waals surface area contributed by atoms with Gasteiger partial charge in [0.15, 0.2) is 0 Å². The van der Waals surface area contributed by atoms with E-state index in [1.165, 1.54) is 11.0 Å². The highest BCUT2D eigenvalue weighted by atomic mass is 35.5. The molecule has 0 aliphatic carbocycles. The molecule has 30 heavy (non-hydrogen) atoms. The summed E-state index contributed by atoms with van der Waals surface area (Å²) in [4.78, 5) is 36.1. The van der Waals surface area contributed by atoms with Crippen molar-refractivity contribution in [2.45, 2.75) is 25.4 Å². The Morgan fingerprint density at radius 2 is 2.20 bits per heavy atom. The van der Waals surface area contributed by atoms with E-state index in [0.29, 0.717) is 30.5 Å². The van der Waals surface area contributed by atoms with E-state index in [0.717, 1.165) is 29.4 Å². The monoisotopic (exact) mass is 429 g/mol. The van der Waals surface area contributed by atoms with Gasteiger partial charge in [0.2, 0.25) is 5.82 Å². The van der Waals surface area contributed by atoms with E-state index in [9.17, 15) is 9.59 Å². The number of aryl methyl sites for hydroxylation is 1. The summed E-state index contributed by atoms with van der Waals surface area (Å²) < 4.78 is 1.47. The number of aromatic amines is 1. The molecule has 3 heterocycles. The van der Waals surface area contributed by atoms with Crippen molar-refractivity contribution in [1.29, 1.82) is 0 Å². The topological polar surface area (TPSA) is 99.2 Å². The lowest BCUT2D eigenvalue weighted by Crippen LogP contribution is -2.52. The highest BCUT2D eigenvalue weighted by Crippen LogP contribution is 2.20. The number of carbonyl (C=O) groups excluding carboxylic acids is 2. The number of rotatable bonds is 4. The molecular formula is C20H24ClN7O2. The summed E-state index contributed by atoms with van der Waals surface area (Å²) >= 11 is 6.03. The minimum atomic E-state index is -0.176. The third kappa shape index (κ3) is 4.11. The van der Waals surface area contributed by atoms with Crippen molar-refractivity contribution in [3.63, 3.8) is 0 Å². The fourth-order valence-electron chi connectivity index (χ4n) is 3.81. The molecule has 0 spiro atoms. The summed E-state index contributed by atoms with van der Waals surface area (Å²) in [6.07, 6.45) is 3.04. The molecule has 2 N–H and O–H groups in total. The number of likely N-dealkylation sites (tertiary alicyclic amines) is 1. The molecule has 1 saturated heterocycles. The average molecular weight is 430 g/mol. The lowest BCUT2D eigenvalue weighted by Gasteiger charge is -2.37. The number of nitrogens with one attached hydrogen (secondary N) is 2. The van der Waals surface area contributed by atoms with Gasteiger partial charge in [0.25, 0.3) is 5.91 Å². The number of nitrogens with zero attached hydrogens (tertiary/aromatic N) is 5. The standard InChI is InChI=1S/C20H24ClN7O2/c1-26(16-4-3-7-28(11-16)19(29)18-23-12-24-27(18)2)20(30)22-10-15-9-13-8-14(21)5-6-17(13)25-15/h5-6,8-9,12,16,25H,3-4,7,10-11H2,1-2H3,(H,22,30)/t16-/m1/s1. The number of H-pyrrole nitrogens is 1. The minimum absolute atomic E-state index is 0.0579. The first-order chi connectivity index (χ1) is 14.4. The van der Waals surface area contributed by atoms with Gasteiger partial charge < -0.3 is 20.1 Å². The molecule has 158 valence electrons. The van der Waals surface area contributed by atoms with Crippen molar-refractivity contribution in [2.75, 3.05) is 20.1 Å². The molecule has 9 nitrogen and oxygen atoms in total. The third-order valence-corrected chi connectivity index (χ3v) is 5.76. The van der Waals surface area contributed by atoms with E-state index in [4.69, 9.17) is 11.6 Å². The number of hydrogen-bond acceptors (Lipinski definition) is 4. The third-order valence-electron chi connectivity index (χ3n) is 5.52. The number of piperidine rings is 1. The second kappa shape index (κ2) is 8.35. The molecule has 1 atom stereocenters.